The molecule has 0 radical (unpaired) electrons. The van der Waals surface area contributed by atoms with Crippen molar-refractivity contribution in [2.24, 2.45) is 0 Å². The minimum atomic E-state index is -0.241. The van der Waals surface area contributed by atoms with Crippen molar-refractivity contribution in [3.05, 3.63) is 64.7 Å². The van der Waals surface area contributed by atoms with Gasteiger partial charge in [0.15, 0.2) is 0 Å². The maximum absolute atomic E-state index is 6.41. The van der Waals surface area contributed by atoms with Crippen molar-refractivity contribution in [3.63, 3.8) is 0 Å². The molecule has 2 rings (SSSR count). The average molecular weight is 267 g/mol. The van der Waals surface area contributed by atoms with Crippen LogP contribution in [0.15, 0.2) is 48.5 Å². The van der Waals surface area contributed by atoms with Gasteiger partial charge in [-0.15, -0.1) is 11.6 Å². The van der Waals surface area contributed by atoms with Crippen LogP contribution in [0.25, 0.3) is 0 Å². The van der Waals surface area contributed by atoms with E-state index < -0.39 is 0 Å². The summed E-state index contributed by atoms with van der Waals surface area (Å²) in [7, 11) is 1.64. The Hall–Kier alpha value is -1.18. The van der Waals surface area contributed by atoms with Gasteiger partial charge in [0.25, 0.3) is 0 Å². The number of methoxy groups -OCH3 is 1. The van der Waals surface area contributed by atoms with Crippen LogP contribution in [-0.4, -0.2) is 7.11 Å². The number of hydrogen-bond acceptors (Lipinski definition) is 1. The van der Waals surface area contributed by atoms with Crippen LogP contribution in [-0.2, 0) is 0 Å². The SMILES string of the molecule is COc1ccc(C(Cl)c2ccccc2Cl)cc1. The van der Waals surface area contributed by atoms with Gasteiger partial charge in [-0.05, 0) is 29.3 Å². The summed E-state index contributed by atoms with van der Waals surface area (Å²) in [6.45, 7) is 0. The van der Waals surface area contributed by atoms with E-state index in [1.165, 1.54) is 0 Å². The molecular weight excluding hydrogens is 255 g/mol. The van der Waals surface area contributed by atoms with Crippen molar-refractivity contribution >= 4 is 23.2 Å². The largest absolute Gasteiger partial charge is 0.497 e. The van der Waals surface area contributed by atoms with Crippen LogP contribution in [0.4, 0.5) is 0 Å². The second-order valence-corrected chi connectivity index (χ2v) is 4.50. The van der Waals surface area contributed by atoms with E-state index in [1.807, 2.05) is 48.5 Å². The van der Waals surface area contributed by atoms with Crippen LogP contribution in [0.3, 0.4) is 0 Å². The highest BCUT2D eigenvalue weighted by Gasteiger charge is 2.13. The van der Waals surface area contributed by atoms with Gasteiger partial charge >= 0.3 is 0 Å². The zero-order valence-corrected chi connectivity index (χ0v) is 10.9. The molecular formula is C14H12Cl2O. The Morgan fingerprint density at radius 3 is 2.24 bits per heavy atom. The monoisotopic (exact) mass is 266 g/mol. The molecule has 0 aliphatic rings. The Morgan fingerprint density at radius 2 is 1.65 bits per heavy atom. The molecule has 0 N–H and O–H groups in total. The molecule has 0 bridgehead atoms. The lowest BCUT2D eigenvalue weighted by Gasteiger charge is -2.12. The average Bonchev–Trinajstić information content (AvgIpc) is 2.39. The minimum absolute atomic E-state index is 0.241. The summed E-state index contributed by atoms with van der Waals surface area (Å²) in [5.41, 5.74) is 1.92. The van der Waals surface area contributed by atoms with E-state index in [9.17, 15) is 0 Å². The van der Waals surface area contributed by atoms with Gasteiger partial charge in [-0.1, -0.05) is 41.9 Å². The fourth-order valence-electron chi connectivity index (χ4n) is 1.63. The van der Waals surface area contributed by atoms with Crippen molar-refractivity contribution in [1.29, 1.82) is 0 Å². The van der Waals surface area contributed by atoms with E-state index >= 15 is 0 Å². The summed E-state index contributed by atoms with van der Waals surface area (Å²) in [4.78, 5) is 0. The van der Waals surface area contributed by atoms with Gasteiger partial charge in [0.2, 0.25) is 0 Å². The molecule has 0 fully saturated rings. The molecule has 3 heteroatoms. The van der Waals surface area contributed by atoms with Gasteiger partial charge in [-0.3, -0.25) is 0 Å². The maximum atomic E-state index is 6.41. The number of hydrogen-bond donors (Lipinski definition) is 0. The third-order valence-electron chi connectivity index (χ3n) is 2.59. The zero-order valence-electron chi connectivity index (χ0n) is 9.36. The second kappa shape index (κ2) is 5.44. The fourth-order valence-corrected chi connectivity index (χ4v) is 2.27. The van der Waals surface area contributed by atoms with E-state index in [-0.39, 0.29) is 5.38 Å². The molecule has 0 amide bonds. The van der Waals surface area contributed by atoms with Gasteiger partial charge in [0.1, 0.15) is 5.75 Å². The molecule has 1 atom stereocenters. The molecule has 0 saturated heterocycles. The Balaban J connectivity index is 2.30. The van der Waals surface area contributed by atoms with Crippen LogP contribution in [0.1, 0.15) is 16.5 Å². The number of benzene rings is 2. The van der Waals surface area contributed by atoms with E-state index in [0.29, 0.717) is 5.02 Å². The Kier molecular flexibility index (Phi) is 3.93. The molecule has 2 aromatic rings. The summed E-state index contributed by atoms with van der Waals surface area (Å²) >= 11 is 12.5. The molecule has 2 aromatic carbocycles. The highest BCUT2D eigenvalue weighted by Crippen LogP contribution is 2.33. The lowest BCUT2D eigenvalue weighted by molar-refractivity contribution is 0.414. The first kappa shape index (κ1) is 12.3. The molecule has 0 aromatic heterocycles. The Bertz CT molecular complexity index is 494. The van der Waals surface area contributed by atoms with Crippen LogP contribution < -0.4 is 4.74 Å². The molecule has 0 spiro atoms. The normalized spacial score (nSPS) is 12.2. The third kappa shape index (κ3) is 2.74. The highest BCUT2D eigenvalue weighted by atomic mass is 35.5. The van der Waals surface area contributed by atoms with Crippen molar-refractivity contribution in [1.82, 2.24) is 0 Å². The third-order valence-corrected chi connectivity index (χ3v) is 3.42. The Labute approximate surface area is 111 Å². The van der Waals surface area contributed by atoms with Crippen molar-refractivity contribution < 1.29 is 4.74 Å². The van der Waals surface area contributed by atoms with E-state index in [1.54, 1.807) is 7.11 Å². The zero-order chi connectivity index (χ0) is 12.3. The van der Waals surface area contributed by atoms with Gasteiger partial charge < -0.3 is 4.74 Å². The summed E-state index contributed by atoms with van der Waals surface area (Å²) in [6.07, 6.45) is 0. The summed E-state index contributed by atoms with van der Waals surface area (Å²) in [6, 6.07) is 15.3. The Morgan fingerprint density at radius 1 is 1.00 bits per heavy atom. The van der Waals surface area contributed by atoms with Crippen LogP contribution in [0, 0.1) is 0 Å². The lowest BCUT2D eigenvalue weighted by atomic mass is 10.0. The van der Waals surface area contributed by atoms with E-state index in [0.717, 1.165) is 16.9 Å². The minimum Gasteiger partial charge on any atom is -0.497 e. The first-order valence-electron chi connectivity index (χ1n) is 5.25. The maximum Gasteiger partial charge on any atom is 0.118 e. The van der Waals surface area contributed by atoms with Crippen LogP contribution >= 0.6 is 23.2 Å². The van der Waals surface area contributed by atoms with E-state index in [4.69, 9.17) is 27.9 Å². The standard InChI is InChI=1S/C14H12Cl2O/c1-17-11-8-6-10(7-9-11)14(16)12-4-2-3-5-13(12)15/h2-9,14H,1H3. The van der Waals surface area contributed by atoms with Crippen LogP contribution in [0.5, 0.6) is 5.75 Å². The molecule has 0 saturated carbocycles. The first-order valence-corrected chi connectivity index (χ1v) is 6.06. The number of halogens is 2. The van der Waals surface area contributed by atoms with Gasteiger partial charge in [-0.2, -0.15) is 0 Å². The van der Waals surface area contributed by atoms with Crippen LogP contribution in [0.2, 0.25) is 5.02 Å². The first-order chi connectivity index (χ1) is 8.22. The van der Waals surface area contributed by atoms with Gasteiger partial charge in [-0.25, -0.2) is 0 Å². The molecule has 0 aliphatic heterocycles. The highest BCUT2D eigenvalue weighted by molar-refractivity contribution is 6.33. The fraction of sp³-hybridized carbons (Fsp3) is 0.143. The van der Waals surface area contributed by atoms with Gasteiger partial charge in [0, 0.05) is 5.02 Å². The molecule has 0 aliphatic carbocycles. The van der Waals surface area contributed by atoms with Crippen molar-refractivity contribution in [2.75, 3.05) is 7.11 Å². The molecule has 1 nitrogen and oxygen atoms in total. The topological polar surface area (TPSA) is 9.23 Å². The molecule has 1 unspecified atom stereocenters. The van der Waals surface area contributed by atoms with Gasteiger partial charge in [0.05, 0.1) is 12.5 Å². The molecule has 0 heterocycles. The molecule has 17 heavy (non-hydrogen) atoms. The predicted octanol–water partition coefficient (Wildman–Crippen LogP) is 4.68. The summed E-state index contributed by atoms with van der Waals surface area (Å²) in [5.74, 6) is 0.816. The number of ether oxygens (including phenoxy) is 1. The van der Waals surface area contributed by atoms with Crippen molar-refractivity contribution in [3.8, 4) is 5.75 Å². The number of rotatable bonds is 3. The second-order valence-electron chi connectivity index (χ2n) is 3.66. The number of alkyl halides is 1. The molecule has 88 valence electrons. The summed E-state index contributed by atoms with van der Waals surface area (Å²) in [5, 5.41) is 0.443. The quantitative estimate of drug-likeness (QED) is 0.734. The smallest absolute Gasteiger partial charge is 0.118 e. The lowest BCUT2D eigenvalue weighted by Crippen LogP contribution is -1.94. The predicted molar refractivity (Wildman–Crippen MR) is 72.1 cm³/mol. The van der Waals surface area contributed by atoms with E-state index in [2.05, 4.69) is 0 Å². The van der Waals surface area contributed by atoms with Crippen molar-refractivity contribution in [2.45, 2.75) is 5.38 Å². The summed E-state index contributed by atoms with van der Waals surface area (Å²) < 4.78 is 5.11.